The largest absolute Gasteiger partial charge is 0.497 e. The van der Waals surface area contributed by atoms with Gasteiger partial charge in [-0.2, -0.15) is 0 Å². The summed E-state index contributed by atoms with van der Waals surface area (Å²) in [7, 11) is 1.61. The van der Waals surface area contributed by atoms with Gasteiger partial charge in [-0.15, -0.1) is 0 Å². The van der Waals surface area contributed by atoms with Crippen LogP contribution in [-0.2, 0) is 6.42 Å². The Balaban J connectivity index is 2.28. The third-order valence-electron chi connectivity index (χ3n) is 3.22. The first-order valence-corrected chi connectivity index (χ1v) is 7.45. The Morgan fingerprint density at radius 3 is 2.71 bits per heavy atom. The van der Waals surface area contributed by atoms with Crippen molar-refractivity contribution in [2.45, 2.75) is 12.5 Å². The Kier molecular flexibility index (Phi) is 5.58. The number of nitrogens with one attached hydrogen (secondary N) is 1. The lowest BCUT2D eigenvalue weighted by Gasteiger charge is -2.18. The van der Waals surface area contributed by atoms with Gasteiger partial charge in [0.1, 0.15) is 11.6 Å². The number of nitrogens with two attached hydrogens (primary N) is 1. The molecule has 0 aliphatic rings. The van der Waals surface area contributed by atoms with E-state index in [4.69, 9.17) is 22.2 Å². The highest BCUT2D eigenvalue weighted by molar-refractivity contribution is 9.10. The molecule has 0 radical (unpaired) electrons. The first kappa shape index (κ1) is 16.2. The minimum absolute atomic E-state index is 0.0945. The van der Waals surface area contributed by atoms with Crippen LogP contribution in [0.15, 0.2) is 40.9 Å². The molecule has 2 aromatic rings. The minimum atomic E-state index is -0.459. The lowest BCUT2D eigenvalue weighted by Crippen LogP contribution is -2.29. The van der Waals surface area contributed by atoms with Crippen LogP contribution in [0, 0.1) is 5.82 Å². The predicted octanol–water partition coefficient (Wildman–Crippen LogP) is 4.00. The second-order valence-corrected chi connectivity index (χ2v) is 5.82. The fourth-order valence-electron chi connectivity index (χ4n) is 2.06. The van der Waals surface area contributed by atoms with Crippen molar-refractivity contribution in [3.05, 3.63) is 62.8 Å². The van der Waals surface area contributed by atoms with Gasteiger partial charge in [-0.25, -0.2) is 4.39 Å². The summed E-state index contributed by atoms with van der Waals surface area (Å²) in [5.74, 6) is 5.91. The quantitative estimate of drug-likeness (QED) is 0.615. The monoisotopic (exact) mass is 372 g/mol. The van der Waals surface area contributed by atoms with E-state index in [0.29, 0.717) is 6.42 Å². The van der Waals surface area contributed by atoms with E-state index >= 15 is 0 Å². The Hall–Kier alpha value is -1.14. The SMILES string of the molecule is COc1ccc(Br)c(CC(NN)c2ccc(Cl)c(F)c2)c1. The second-order valence-electron chi connectivity index (χ2n) is 4.55. The predicted molar refractivity (Wildman–Crippen MR) is 85.9 cm³/mol. The van der Waals surface area contributed by atoms with Gasteiger partial charge in [-0.05, 0) is 47.9 Å². The maximum absolute atomic E-state index is 13.6. The van der Waals surface area contributed by atoms with E-state index < -0.39 is 5.82 Å². The molecular formula is C15H15BrClFN2O. The number of ether oxygens (including phenoxy) is 1. The number of hydrogen-bond donors (Lipinski definition) is 2. The molecule has 0 spiro atoms. The summed E-state index contributed by atoms with van der Waals surface area (Å²) in [4.78, 5) is 0. The lowest BCUT2D eigenvalue weighted by molar-refractivity contribution is 0.413. The molecule has 0 aliphatic heterocycles. The van der Waals surface area contributed by atoms with Crippen molar-refractivity contribution in [2.75, 3.05) is 7.11 Å². The van der Waals surface area contributed by atoms with E-state index in [2.05, 4.69) is 21.4 Å². The third-order valence-corrected chi connectivity index (χ3v) is 4.30. The molecule has 0 bridgehead atoms. The van der Waals surface area contributed by atoms with Crippen LogP contribution in [-0.4, -0.2) is 7.11 Å². The number of hydrazine groups is 1. The summed E-state index contributed by atoms with van der Waals surface area (Å²) in [6.45, 7) is 0. The maximum Gasteiger partial charge on any atom is 0.142 e. The number of benzene rings is 2. The molecule has 0 saturated heterocycles. The number of halogens is 3. The minimum Gasteiger partial charge on any atom is -0.497 e. The highest BCUT2D eigenvalue weighted by Crippen LogP contribution is 2.28. The Bertz CT molecular complexity index is 639. The van der Waals surface area contributed by atoms with Crippen molar-refractivity contribution in [3.8, 4) is 5.75 Å². The van der Waals surface area contributed by atoms with E-state index in [0.717, 1.165) is 21.3 Å². The topological polar surface area (TPSA) is 47.3 Å². The van der Waals surface area contributed by atoms with Crippen molar-refractivity contribution < 1.29 is 9.13 Å². The van der Waals surface area contributed by atoms with Crippen LogP contribution in [0.3, 0.4) is 0 Å². The zero-order valence-corrected chi connectivity index (χ0v) is 13.7. The molecule has 21 heavy (non-hydrogen) atoms. The first-order chi connectivity index (χ1) is 10.0. The Labute approximate surface area is 136 Å². The van der Waals surface area contributed by atoms with E-state index in [1.807, 2.05) is 18.2 Å². The van der Waals surface area contributed by atoms with Gasteiger partial charge in [0, 0.05) is 4.47 Å². The molecule has 112 valence electrons. The van der Waals surface area contributed by atoms with Gasteiger partial charge >= 0.3 is 0 Å². The zero-order chi connectivity index (χ0) is 15.4. The van der Waals surface area contributed by atoms with E-state index in [-0.39, 0.29) is 11.1 Å². The van der Waals surface area contributed by atoms with Gasteiger partial charge in [-0.1, -0.05) is 33.6 Å². The molecule has 2 aromatic carbocycles. The fraction of sp³-hybridized carbons (Fsp3) is 0.200. The van der Waals surface area contributed by atoms with Gasteiger partial charge in [0.15, 0.2) is 0 Å². The highest BCUT2D eigenvalue weighted by atomic mass is 79.9. The molecule has 2 rings (SSSR count). The number of methoxy groups -OCH3 is 1. The van der Waals surface area contributed by atoms with Gasteiger partial charge in [0.25, 0.3) is 0 Å². The maximum atomic E-state index is 13.6. The summed E-state index contributed by atoms with van der Waals surface area (Å²) in [5.41, 5.74) is 4.44. The fourth-order valence-corrected chi connectivity index (χ4v) is 2.58. The van der Waals surface area contributed by atoms with Crippen LogP contribution in [0.2, 0.25) is 5.02 Å². The Morgan fingerprint density at radius 1 is 1.33 bits per heavy atom. The van der Waals surface area contributed by atoms with Crippen LogP contribution < -0.4 is 16.0 Å². The molecule has 0 saturated carbocycles. The van der Waals surface area contributed by atoms with Crippen LogP contribution in [0.4, 0.5) is 4.39 Å². The second kappa shape index (κ2) is 7.22. The van der Waals surface area contributed by atoms with Crippen LogP contribution in [0.5, 0.6) is 5.75 Å². The van der Waals surface area contributed by atoms with Gasteiger partial charge < -0.3 is 4.74 Å². The average molecular weight is 374 g/mol. The molecule has 0 aromatic heterocycles. The summed E-state index contributed by atoms with van der Waals surface area (Å²) in [6.07, 6.45) is 0.579. The number of hydrogen-bond acceptors (Lipinski definition) is 3. The molecule has 3 nitrogen and oxygen atoms in total. The van der Waals surface area contributed by atoms with Crippen molar-refractivity contribution in [1.29, 1.82) is 0 Å². The molecule has 0 amide bonds. The summed E-state index contributed by atoms with van der Waals surface area (Å²) < 4.78 is 19.7. The van der Waals surface area contributed by atoms with Gasteiger partial charge in [-0.3, -0.25) is 11.3 Å². The molecule has 0 heterocycles. The Morgan fingerprint density at radius 2 is 2.10 bits per heavy atom. The van der Waals surface area contributed by atoms with Gasteiger partial charge in [0.2, 0.25) is 0 Å². The third kappa shape index (κ3) is 3.95. The average Bonchev–Trinajstić information content (AvgIpc) is 2.49. The zero-order valence-electron chi connectivity index (χ0n) is 11.4. The van der Waals surface area contributed by atoms with Crippen LogP contribution >= 0.6 is 27.5 Å². The van der Waals surface area contributed by atoms with Crippen molar-refractivity contribution in [1.82, 2.24) is 5.43 Å². The molecular weight excluding hydrogens is 359 g/mol. The molecule has 6 heteroatoms. The van der Waals surface area contributed by atoms with Crippen molar-refractivity contribution >= 4 is 27.5 Å². The highest BCUT2D eigenvalue weighted by Gasteiger charge is 2.15. The molecule has 1 unspecified atom stereocenters. The number of rotatable bonds is 5. The molecule has 3 N–H and O–H groups in total. The smallest absolute Gasteiger partial charge is 0.142 e. The summed E-state index contributed by atoms with van der Waals surface area (Å²) in [5, 5.41) is 0.0945. The van der Waals surface area contributed by atoms with E-state index in [1.165, 1.54) is 12.1 Å². The van der Waals surface area contributed by atoms with Gasteiger partial charge in [0.05, 0.1) is 18.2 Å². The van der Waals surface area contributed by atoms with E-state index in [9.17, 15) is 4.39 Å². The lowest BCUT2D eigenvalue weighted by atomic mass is 9.99. The van der Waals surface area contributed by atoms with E-state index in [1.54, 1.807) is 13.2 Å². The molecule has 1 atom stereocenters. The summed E-state index contributed by atoms with van der Waals surface area (Å²) in [6, 6.07) is 10.1. The summed E-state index contributed by atoms with van der Waals surface area (Å²) >= 11 is 9.20. The van der Waals surface area contributed by atoms with Crippen molar-refractivity contribution in [3.63, 3.8) is 0 Å². The molecule has 0 fully saturated rings. The van der Waals surface area contributed by atoms with Crippen LogP contribution in [0.25, 0.3) is 0 Å². The van der Waals surface area contributed by atoms with Crippen molar-refractivity contribution in [2.24, 2.45) is 5.84 Å². The standard InChI is InChI=1S/C15H15BrClFN2O/c1-21-11-3-4-12(16)10(6-11)8-15(20-19)9-2-5-13(17)14(18)7-9/h2-7,15,20H,8,19H2,1H3. The molecule has 0 aliphatic carbocycles. The first-order valence-electron chi connectivity index (χ1n) is 6.28. The normalized spacial score (nSPS) is 12.2. The van der Waals surface area contributed by atoms with Crippen LogP contribution in [0.1, 0.15) is 17.2 Å².